The first-order chi connectivity index (χ1) is 13.2. The summed E-state index contributed by atoms with van der Waals surface area (Å²) in [6.45, 7) is 9.66. The molecule has 1 saturated heterocycles. The fraction of sp³-hybridized carbons (Fsp3) is 0.720. The largest absolute Gasteiger partial charge is 0.386 e. The number of aliphatic hydroxyl groups excluding tert-OH is 1. The maximum absolute atomic E-state index is 12.0. The molecule has 152 valence electrons. The number of aliphatic hydroxyl groups is 1. The molecule has 3 heteroatoms. The molecule has 2 fully saturated rings. The van der Waals surface area contributed by atoms with E-state index in [4.69, 9.17) is 4.74 Å². The molecular formula is C25H34O3. The molecule has 6 atom stereocenters. The molecular weight excluding hydrogens is 348 g/mol. The van der Waals surface area contributed by atoms with Gasteiger partial charge in [0.15, 0.2) is 5.78 Å². The monoisotopic (exact) mass is 382 g/mol. The van der Waals surface area contributed by atoms with E-state index in [1.54, 1.807) is 6.08 Å². The summed E-state index contributed by atoms with van der Waals surface area (Å²) in [6.07, 6.45) is 12.7. The van der Waals surface area contributed by atoms with Crippen LogP contribution in [0, 0.1) is 22.7 Å². The minimum Gasteiger partial charge on any atom is -0.386 e. The van der Waals surface area contributed by atoms with E-state index in [1.807, 2.05) is 6.08 Å². The Balaban J connectivity index is 1.49. The van der Waals surface area contributed by atoms with Crippen molar-refractivity contribution in [3.63, 3.8) is 0 Å². The van der Waals surface area contributed by atoms with Crippen molar-refractivity contribution >= 4 is 5.78 Å². The van der Waals surface area contributed by atoms with Crippen LogP contribution in [0.5, 0.6) is 0 Å². The van der Waals surface area contributed by atoms with Crippen LogP contribution in [0.4, 0.5) is 0 Å². The first kappa shape index (κ1) is 18.8. The third kappa shape index (κ3) is 2.51. The third-order valence-corrected chi connectivity index (χ3v) is 9.01. The molecule has 5 aliphatic rings. The SMILES string of the molecule is CC1=CCC2C(C)(C)CCCC2(C)C1CC12OC1C1=CC(=O)CCC1=CC2O. The number of ketones is 1. The van der Waals surface area contributed by atoms with Gasteiger partial charge in [0.25, 0.3) is 0 Å². The van der Waals surface area contributed by atoms with Crippen molar-refractivity contribution in [2.45, 2.75) is 90.4 Å². The summed E-state index contributed by atoms with van der Waals surface area (Å²) in [6, 6.07) is 0. The molecule has 0 amide bonds. The minimum atomic E-state index is -0.564. The second-order valence-electron chi connectivity index (χ2n) is 11.0. The molecule has 0 bridgehead atoms. The first-order valence-corrected chi connectivity index (χ1v) is 11.2. The van der Waals surface area contributed by atoms with Gasteiger partial charge in [0.1, 0.15) is 17.8 Å². The van der Waals surface area contributed by atoms with Crippen molar-refractivity contribution < 1.29 is 14.6 Å². The van der Waals surface area contributed by atoms with Gasteiger partial charge in [0.2, 0.25) is 0 Å². The highest BCUT2D eigenvalue weighted by Crippen LogP contribution is 2.64. The molecule has 4 aliphatic carbocycles. The minimum absolute atomic E-state index is 0.0971. The Labute approximate surface area is 168 Å². The molecule has 0 aromatic carbocycles. The Morgan fingerprint density at radius 1 is 1.21 bits per heavy atom. The summed E-state index contributed by atoms with van der Waals surface area (Å²) in [4.78, 5) is 12.0. The van der Waals surface area contributed by atoms with E-state index in [9.17, 15) is 9.90 Å². The van der Waals surface area contributed by atoms with Crippen LogP contribution in [0.3, 0.4) is 0 Å². The van der Waals surface area contributed by atoms with Crippen molar-refractivity contribution in [1.29, 1.82) is 0 Å². The maximum Gasteiger partial charge on any atom is 0.156 e. The summed E-state index contributed by atoms with van der Waals surface area (Å²) < 4.78 is 6.27. The highest BCUT2D eigenvalue weighted by atomic mass is 16.6. The first-order valence-electron chi connectivity index (χ1n) is 11.2. The van der Waals surface area contributed by atoms with E-state index in [1.165, 1.54) is 31.3 Å². The molecule has 1 heterocycles. The molecule has 0 aromatic rings. The van der Waals surface area contributed by atoms with Crippen LogP contribution in [0.25, 0.3) is 0 Å². The number of allylic oxidation sites excluding steroid dienone is 3. The number of carbonyl (C=O) groups is 1. The molecule has 0 aromatic heterocycles. The van der Waals surface area contributed by atoms with Crippen LogP contribution in [0.15, 0.2) is 34.9 Å². The van der Waals surface area contributed by atoms with Crippen LogP contribution in [-0.2, 0) is 9.53 Å². The zero-order valence-electron chi connectivity index (χ0n) is 17.8. The Bertz CT molecular complexity index is 816. The van der Waals surface area contributed by atoms with Crippen LogP contribution in [0.1, 0.15) is 72.6 Å². The molecule has 1 N–H and O–H groups in total. The maximum atomic E-state index is 12.0. The third-order valence-electron chi connectivity index (χ3n) is 9.01. The number of rotatable bonds is 2. The van der Waals surface area contributed by atoms with E-state index in [0.29, 0.717) is 23.7 Å². The Hall–Kier alpha value is -1.19. The van der Waals surface area contributed by atoms with Gasteiger partial charge in [-0.3, -0.25) is 4.79 Å². The van der Waals surface area contributed by atoms with Gasteiger partial charge in [-0.1, -0.05) is 38.8 Å². The molecule has 0 radical (unpaired) electrons. The quantitative estimate of drug-likeness (QED) is 0.546. The second-order valence-corrected chi connectivity index (χ2v) is 11.0. The Kier molecular flexibility index (Phi) is 3.98. The van der Waals surface area contributed by atoms with E-state index in [-0.39, 0.29) is 17.3 Å². The van der Waals surface area contributed by atoms with Gasteiger partial charge in [0.05, 0.1) is 0 Å². The molecule has 5 rings (SSSR count). The molecule has 3 nitrogen and oxygen atoms in total. The number of ether oxygens (including phenoxy) is 1. The van der Waals surface area contributed by atoms with Crippen LogP contribution < -0.4 is 0 Å². The molecule has 28 heavy (non-hydrogen) atoms. The van der Waals surface area contributed by atoms with Gasteiger partial charge in [0, 0.05) is 6.42 Å². The van der Waals surface area contributed by atoms with Crippen molar-refractivity contribution in [2.75, 3.05) is 0 Å². The van der Waals surface area contributed by atoms with Crippen LogP contribution in [-0.4, -0.2) is 28.7 Å². The van der Waals surface area contributed by atoms with Crippen molar-refractivity contribution in [2.24, 2.45) is 22.7 Å². The summed E-state index contributed by atoms with van der Waals surface area (Å²) in [5.74, 6) is 1.31. The normalized spacial score (nSPS) is 46.5. The van der Waals surface area contributed by atoms with Gasteiger partial charge < -0.3 is 9.84 Å². The lowest BCUT2D eigenvalue weighted by atomic mass is 9.47. The smallest absolute Gasteiger partial charge is 0.156 e. The summed E-state index contributed by atoms with van der Waals surface area (Å²) in [7, 11) is 0. The fourth-order valence-electron chi connectivity index (χ4n) is 7.36. The standard InChI is InChI=1S/C25H34O3/c1-15-6-9-20-23(2,3)10-5-11-24(20,4)19(15)14-25-21(27)12-16-7-8-17(26)13-18(16)22(25)28-25/h6,12-13,19-22,27H,5,7-11,14H2,1-4H3. The van der Waals surface area contributed by atoms with Gasteiger partial charge in [-0.05, 0) is 85.0 Å². The highest BCUT2D eigenvalue weighted by Gasteiger charge is 2.67. The lowest BCUT2D eigenvalue weighted by Crippen LogP contribution is -2.50. The number of fused-ring (bicyclic) bond motifs is 4. The van der Waals surface area contributed by atoms with Crippen LogP contribution in [0.2, 0.25) is 0 Å². The lowest BCUT2D eigenvalue weighted by molar-refractivity contribution is -0.114. The zero-order valence-corrected chi connectivity index (χ0v) is 17.8. The van der Waals surface area contributed by atoms with Gasteiger partial charge in [-0.15, -0.1) is 0 Å². The fourth-order valence-corrected chi connectivity index (χ4v) is 7.36. The van der Waals surface area contributed by atoms with Gasteiger partial charge in [-0.25, -0.2) is 0 Å². The van der Waals surface area contributed by atoms with E-state index < -0.39 is 11.7 Å². The van der Waals surface area contributed by atoms with Crippen molar-refractivity contribution in [1.82, 2.24) is 0 Å². The van der Waals surface area contributed by atoms with E-state index >= 15 is 0 Å². The summed E-state index contributed by atoms with van der Waals surface area (Å²) >= 11 is 0. The molecule has 6 unspecified atom stereocenters. The molecule has 1 saturated carbocycles. The van der Waals surface area contributed by atoms with Crippen LogP contribution >= 0.6 is 0 Å². The summed E-state index contributed by atoms with van der Waals surface area (Å²) in [5, 5.41) is 11.0. The Morgan fingerprint density at radius 2 is 2.00 bits per heavy atom. The summed E-state index contributed by atoms with van der Waals surface area (Å²) in [5.41, 5.74) is 3.73. The predicted molar refractivity (Wildman–Crippen MR) is 110 cm³/mol. The number of epoxide rings is 1. The van der Waals surface area contributed by atoms with Crippen molar-refractivity contribution in [3.8, 4) is 0 Å². The van der Waals surface area contributed by atoms with E-state index in [2.05, 4.69) is 33.8 Å². The van der Waals surface area contributed by atoms with Gasteiger partial charge >= 0.3 is 0 Å². The second kappa shape index (κ2) is 5.92. The van der Waals surface area contributed by atoms with E-state index in [0.717, 1.165) is 24.0 Å². The molecule has 0 spiro atoms. The number of hydrogen-bond donors (Lipinski definition) is 1. The lowest BCUT2D eigenvalue weighted by Gasteiger charge is -2.57. The topological polar surface area (TPSA) is 49.8 Å². The number of carbonyl (C=O) groups excluding carboxylic acids is 1. The predicted octanol–water partition coefficient (Wildman–Crippen LogP) is 4.90. The Morgan fingerprint density at radius 3 is 2.79 bits per heavy atom. The zero-order chi connectivity index (χ0) is 19.9. The van der Waals surface area contributed by atoms with Gasteiger partial charge in [-0.2, -0.15) is 0 Å². The highest BCUT2D eigenvalue weighted by molar-refractivity contribution is 5.93. The average molecular weight is 383 g/mol. The van der Waals surface area contributed by atoms with Crippen molar-refractivity contribution in [3.05, 3.63) is 34.9 Å². The number of hydrogen-bond acceptors (Lipinski definition) is 3. The molecule has 1 aliphatic heterocycles. The average Bonchev–Trinajstić information content (AvgIpc) is 3.35.